The van der Waals surface area contributed by atoms with Crippen LogP contribution < -0.4 is 5.32 Å². The van der Waals surface area contributed by atoms with Gasteiger partial charge >= 0.3 is 6.09 Å². The van der Waals surface area contributed by atoms with Crippen molar-refractivity contribution in [3.05, 3.63) is 23.2 Å². The molecule has 7 heteroatoms. The summed E-state index contributed by atoms with van der Waals surface area (Å²) in [6.45, 7) is 8.88. The van der Waals surface area contributed by atoms with E-state index < -0.39 is 5.60 Å². The first-order valence-corrected chi connectivity index (χ1v) is 7.86. The number of nitrogens with one attached hydrogen (secondary N) is 1. The molecule has 2 rings (SSSR count). The van der Waals surface area contributed by atoms with Gasteiger partial charge < -0.3 is 10.1 Å². The van der Waals surface area contributed by atoms with Gasteiger partial charge in [-0.15, -0.1) is 0 Å². The minimum Gasteiger partial charge on any atom is -0.444 e. The van der Waals surface area contributed by atoms with Gasteiger partial charge in [0.2, 0.25) is 5.28 Å². The predicted molar refractivity (Wildman–Crippen MR) is 84.7 cm³/mol. The van der Waals surface area contributed by atoms with E-state index in [4.69, 9.17) is 16.3 Å². The fraction of sp³-hybridized carbons (Fsp3) is 0.667. The van der Waals surface area contributed by atoms with Crippen LogP contribution in [0.3, 0.4) is 0 Å². The minimum absolute atomic E-state index is 0.278. The Morgan fingerprint density at radius 1 is 1.55 bits per heavy atom. The van der Waals surface area contributed by atoms with E-state index in [1.807, 2.05) is 26.8 Å². The van der Waals surface area contributed by atoms with E-state index in [-0.39, 0.29) is 11.4 Å². The normalized spacial score (nSPS) is 19.2. The van der Waals surface area contributed by atoms with Gasteiger partial charge in [-0.05, 0) is 57.3 Å². The van der Waals surface area contributed by atoms with E-state index in [9.17, 15) is 4.79 Å². The molecule has 0 radical (unpaired) electrons. The lowest BCUT2D eigenvalue weighted by Gasteiger charge is -2.21. The Hall–Kier alpha value is -1.40. The summed E-state index contributed by atoms with van der Waals surface area (Å²) in [5.74, 6) is 0.435. The van der Waals surface area contributed by atoms with Crippen molar-refractivity contribution in [3.8, 4) is 0 Å². The van der Waals surface area contributed by atoms with Crippen LogP contribution in [-0.4, -0.2) is 46.2 Å². The van der Waals surface area contributed by atoms with Crippen molar-refractivity contribution in [2.24, 2.45) is 5.92 Å². The molecule has 0 unspecified atom stereocenters. The van der Waals surface area contributed by atoms with Gasteiger partial charge in [0.1, 0.15) is 5.60 Å². The number of ether oxygens (including phenoxy) is 1. The van der Waals surface area contributed by atoms with Crippen LogP contribution in [0.4, 0.5) is 4.79 Å². The molecule has 1 aliphatic heterocycles. The molecule has 1 aliphatic rings. The van der Waals surface area contributed by atoms with Crippen LogP contribution in [0, 0.1) is 5.92 Å². The van der Waals surface area contributed by atoms with Crippen LogP contribution in [0.5, 0.6) is 0 Å². The van der Waals surface area contributed by atoms with Crippen LogP contribution in [-0.2, 0) is 11.3 Å². The van der Waals surface area contributed by atoms with Gasteiger partial charge in [-0.2, -0.15) is 0 Å². The highest BCUT2D eigenvalue weighted by Crippen LogP contribution is 2.18. The summed E-state index contributed by atoms with van der Waals surface area (Å²) < 4.78 is 5.24. The molecule has 0 bridgehead atoms. The van der Waals surface area contributed by atoms with Gasteiger partial charge in [0, 0.05) is 25.8 Å². The van der Waals surface area contributed by atoms with Gasteiger partial charge in [-0.1, -0.05) is 0 Å². The first kappa shape index (κ1) is 17.0. The second kappa shape index (κ2) is 7.24. The van der Waals surface area contributed by atoms with Crippen LogP contribution in [0.25, 0.3) is 0 Å². The van der Waals surface area contributed by atoms with Crippen LogP contribution in [0.2, 0.25) is 5.28 Å². The zero-order chi connectivity index (χ0) is 16.2. The number of aromatic nitrogens is 2. The Bertz CT molecular complexity index is 519. The number of halogens is 1. The molecule has 0 spiro atoms. The molecule has 2 heterocycles. The van der Waals surface area contributed by atoms with Gasteiger partial charge in [-0.25, -0.2) is 14.8 Å². The number of alkyl carbamates (subject to hydrolysis) is 1. The maximum Gasteiger partial charge on any atom is 0.407 e. The topological polar surface area (TPSA) is 67.3 Å². The van der Waals surface area contributed by atoms with Gasteiger partial charge in [0.05, 0.1) is 5.69 Å². The lowest BCUT2D eigenvalue weighted by molar-refractivity contribution is 0.0519. The number of rotatable bonds is 4. The summed E-state index contributed by atoms with van der Waals surface area (Å²) in [7, 11) is 0. The largest absolute Gasteiger partial charge is 0.444 e. The molecule has 1 amide bonds. The van der Waals surface area contributed by atoms with Crippen molar-refractivity contribution >= 4 is 17.7 Å². The molecule has 122 valence electrons. The van der Waals surface area contributed by atoms with E-state index in [1.165, 1.54) is 0 Å². The molecule has 22 heavy (non-hydrogen) atoms. The quantitative estimate of drug-likeness (QED) is 0.861. The summed E-state index contributed by atoms with van der Waals surface area (Å²) in [5, 5.41) is 3.12. The molecular formula is C15H23ClN4O2. The number of hydrogen-bond acceptors (Lipinski definition) is 5. The maximum absolute atomic E-state index is 11.6. The molecule has 1 aromatic rings. The van der Waals surface area contributed by atoms with Crippen molar-refractivity contribution < 1.29 is 9.53 Å². The van der Waals surface area contributed by atoms with Gasteiger partial charge in [0.15, 0.2) is 0 Å². The second-order valence-corrected chi connectivity index (χ2v) is 6.93. The van der Waals surface area contributed by atoms with Crippen LogP contribution in [0.1, 0.15) is 32.9 Å². The van der Waals surface area contributed by atoms with E-state index in [0.29, 0.717) is 12.5 Å². The number of carbonyl (C=O) groups is 1. The summed E-state index contributed by atoms with van der Waals surface area (Å²) in [4.78, 5) is 22.0. The number of hydrogen-bond donors (Lipinski definition) is 1. The van der Waals surface area contributed by atoms with E-state index in [0.717, 1.165) is 31.7 Å². The van der Waals surface area contributed by atoms with Crippen molar-refractivity contribution in [1.29, 1.82) is 0 Å². The summed E-state index contributed by atoms with van der Waals surface area (Å²) in [6, 6.07) is 1.87. The number of nitrogens with zero attached hydrogens (tertiary/aromatic N) is 3. The summed E-state index contributed by atoms with van der Waals surface area (Å²) in [6.07, 6.45) is 2.37. The Balaban J connectivity index is 1.73. The third kappa shape index (κ3) is 5.77. The zero-order valence-corrected chi connectivity index (χ0v) is 14.1. The molecule has 1 atom stereocenters. The summed E-state index contributed by atoms with van der Waals surface area (Å²) >= 11 is 5.79. The fourth-order valence-electron chi connectivity index (χ4n) is 2.45. The highest BCUT2D eigenvalue weighted by molar-refractivity contribution is 6.28. The molecule has 1 fully saturated rings. The number of likely N-dealkylation sites (tertiary alicyclic amines) is 1. The number of carbonyl (C=O) groups excluding carboxylic acids is 1. The third-order valence-electron chi connectivity index (χ3n) is 3.37. The summed E-state index contributed by atoms with van der Waals surface area (Å²) in [5.41, 5.74) is 0.457. The molecule has 1 saturated heterocycles. The lowest BCUT2D eigenvalue weighted by atomic mass is 10.1. The lowest BCUT2D eigenvalue weighted by Crippen LogP contribution is -2.36. The SMILES string of the molecule is CC(C)(C)OC(=O)NC[C@@H]1CCN(Cc2ccnc(Cl)n2)C1. The molecule has 0 aliphatic carbocycles. The van der Waals surface area contributed by atoms with Gasteiger partial charge in [0.25, 0.3) is 0 Å². The standard InChI is InChI=1S/C15H23ClN4O2/c1-15(2,3)22-14(21)18-8-11-5-7-20(9-11)10-12-4-6-17-13(16)19-12/h4,6,11H,5,7-10H2,1-3H3,(H,18,21)/t11-/m0/s1. The highest BCUT2D eigenvalue weighted by Gasteiger charge is 2.24. The van der Waals surface area contributed by atoms with Crippen LogP contribution in [0.15, 0.2) is 12.3 Å². The van der Waals surface area contributed by atoms with Gasteiger partial charge in [-0.3, -0.25) is 4.90 Å². The molecule has 1 aromatic heterocycles. The minimum atomic E-state index is -0.460. The van der Waals surface area contributed by atoms with E-state index in [1.54, 1.807) is 6.20 Å². The van der Waals surface area contributed by atoms with Crippen molar-refractivity contribution in [2.75, 3.05) is 19.6 Å². The van der Waals surface area contributed by atoms with Crippen molar-refractivity contribution in [1.82, 2.24) is 20.2 Å². The Morgan fingerprint density at radius 3 is 3.00 bits per heavy atom. The smallest absolute Gasteiger partial charge is 0.407 e. The van der Waals surface area contributed by atoms with E-state index >= 15 is 0 Å². The predicted octanol–water partition coefficient (Wildman–Crippen LogP) is 2.48. The van der Waals surface area contributed by atoms with Crippen molar-refractivity contribution in [2.45, 2.75) is 39.3 Å². The monoisotopic (exact) mass is 326 g/mol. The first-order valence-electron chi connectivity index (χ1n) is 7.48. The number of amides is 1. The van der Waals surface area contributed by atoms with Crippen molar-refractivity contribution in [3.63, 3.8) is 0 Å². The first-order chi connectivity index (χ1) is 10.3. The molecule has 6 nitrogen and oxygen atoms in total. The maximum atomic E-state index is 11.6. The Labute approximate surface area is 136 Å². The average Bonchev–Trinajstić information content (AvgIpc) is 2.82. The molecule has 0 saturated carbocycles. The average molecular weight is 327 g/mol. The Morgan fingerprint density at radius 2 is 2.32 bits per heavy atom. The van der Waals surface area contributed by atoms with Crippen LogP contribution >= 0.6 is 11.6 Å². The van der Waals surface area contributed by atoms with E-state index in [2.05, 4.69) is 20.2 Å². The second-order valence-electron chi connectivity index (χ2n) is 6.59. The molecule has 1 N–H and O–H groups in total. The Kier molecular flexibility index (Phi) is 5.58. The highest BCUT2D eigenvalue weighted by atomic mass is 35.5. The third-order valence-corrected chi connectivity index (χ3v) is 3.56. The zero-order valence-electron chi connectivity index (χ0n) is 13.3. The molecular weight excluding hydrogens is 304 g/mol. The fourth-order valence-corrected chi connectivity index (χ4v) is 2.62. The molecule has 0 aromatic carbocycles.